The van der Waals surface area contributed by atoms with Crippen LogP contribution in [-0.2, 0) is 17.8 Å². The van der Waals surface area contributed by atoms with Gasteiger partial charge in [0.1, 0.15) is 0 Å². The second-order valence-electron chi connectivity index (χ2n) is 8.41. The van der Waals surface area contributed by atoms with E-state index in [1.807, 2.05) is 0 Å². The van der Waals surface area contributed by atoms with Crippen molar-refractivity contribution in [3.05, 3.63) is 21.6 Å². The van der Waals surface area contributed by atoms with Crippen molar-refractivity contribution in [1.82, 2.24) is 20.2 Å². The average Bonchev–Trinajstić information content (AvgIpc) is 3.19. The van der Waals surface area contributed by atoms with Gasteiger partial charge in [0.05, 0.1) is 17.8 Å². The van der Waals surface area contributed by atoms with Crippen molar-refractivity contribution in [3.63, 3.8) is 0 Å². The molecule has 7 nitrogen and oxygen atoms in total. The molecule has 4 rings (SSSR count). The standard InChI is InChI=1S/C20H31N5O2/c1-14-6-2-3-7-16(14)21-18(26)13-24-11-8-17-15(12-24)19(27)23-20(22-17)25-9-4-5-10-25/h14,16H,2-13H2,1H3,(H,21,26)(H,22,23,27)/t14-,16-/m1/s1. The van der Waals surface area contributed by atoms with Gasteiger partial charge in [-0.15, -0.1) is 0 Å². The van der Waals surface area contributed by atoms with E-state index in [0.29, 0.717) is 31.0 Å². The van der Waals surface area contributed by atoms with Crippen LogP contribution in [0.2, 0.25) is 0 Å². The first kappa shape index (κ1) is 18.5. The van der Waals surface area contributed by atoms with Crippen LogP contribution in [0.4, 0.5) is 5.95 Å². The predicted octanol–water partition coefficient (Wildman–Crippen LogP) is 1.42. The molecule has 1 saturated heterocycles. The van der Waals surface area contributed by atoms with Gasteiger partial charge in [-0.1, -0.05) is 19.8 Å². The van der Waals surface area contributed by atoms with Crippen LogP contribution in [-0.4, -0.2) is 53.0 Å². The fourth-order valence-electron chi connectivity index (χ4n) is 4.67. The van der Waals surface area contributed by atoms with Gasteiger partial charge in [-0.05, 0) is 31.6 Å². The molecule has 0 spiro atoms. The molecule has 1 aromatic rings. The molecule has 1 aliphatic carbocycles. The monoisotopic (exact) mass is 373 g/mol. The summed E-state index contributed by atoms with van der Waals surface area (Å²) in [6, 6.07) is 0.302. The highest BCUT2D eigenvalue weighted by Gasteiger charge is 2.27. The van der Waals surface area contributed by atoms with Crippen LogP contribution >= 0.6 is 0 Å². The van der Waals surface area contributed by atoms with Gasteiger partial charge in [0.2, 0.25) is 11.9 Å². The van der Waals surface area contributed by atoms with Gasteiger partial charge in [-0.25, -0.2) is 4.98 Å². The largest absolute Gasteiger partial charge is 0.352 e. The number of amides is 1. The van der Waals surface area contributed by atoms with Crippen molar-refractivity contribution in [2.24, 2.45) is 5.92 Å². The van der Waals surface area contributed by atoms with Crippen molar-refractivity contribution >= 4 is 11.9 Å². The molecule has 2 atom stereocenters. The van der Waals surface area contributed by atoms with E-state index in [2.05, 4.69) is 27.0 Å². The molecule has 2 fully saturated rings. The quantitative estimate of drug-likeness (QED) is 0.834. The molecule has 7 heteroatoms. The molecule has 0 bridgehead atoms. The Morgan fingerprint density at radius 3 is 2.74 bits per heavy atom. The number of aromatic nitrogens is 2. The van der Waals surface area contributed by atoms with E-state index in [1.165, 1.54) is 19.3 Å². The lowest BCUT2D eigenvalue weighted by Gasteiger charge is -2.32. The number of rotatable bonds is 4. The molecule has 0 aromatic carbocycles. The smallest absolute Gasteiger partial charge is 0.257 e. The van der Waals surface area contributed by atoms with Crippen molar-refractivity contribution in [2.75, 3.05) is 31.1 Å². The number of aromatic amines is 1. The van der Waals surface area contributed by atoms with E-state index >= 15 is 0 Å². The highest BCUT2D eigenvalue weighted by molar-refractivity contribution is 5.78. The molecule has 1 aromatic heterocycles. The number of hydrogen-bond donors (Lipinski definition) is 2. The number of carbonyl (C=O) groups is 1. The second kappa shape index (κ2) is 8.00. The Morgan fingerprint density at radius 1 is 1.19 bits per heavy atom. The van der Waals surface area contributed by atoms with Crippen molar-refractivity contribution < 1.29 is 4.79 Å². The Hall–Kier alpha value is -1.89. The van der Waals surface area contributed by atoms with Crippen LogP contribution < -0.4 is 15.8 Å². The van der Waals surface area contributed by atoms with Gasteiger partial charge in [0.15, 0.2) is 0 Å². The Bertz CT molecular complexity index is 740. The lowest BCUT2D eigenvalue weighted by atomic mass is 9.86. The first-order valence-corrected chi connectivity index (χ1v) is 10.5. The maximum atomic E-state index is 12.6. The van der Waals surface area contributed by atoms with E-state index in [9.17, 15) is 9.59 Å². The molecule has 1 saturated carbocycles. The number of fused-ring (bicyclic) bond motifs is 1. The van der Waals surface area contributed by atoms with Crippen molar-refractivity contribution in [1.29, 1.82) is 0 Å². The molecule has 0 unspecified atom stereocenters. The summed E-state index contributed by atoms with van der Waals surface area (Å²) in [5.74, 6) is 1.35. The van der Waals surface area contributed by atoms with E-state index in [-0.39, 0.29) is 11.5 Å². The van der Waals surface area contributed by atoms with Crippen molar-refractivity contribution in [2.45, 2.75) is 64.5 Å². The van der Waals surface area contributed by atoms with Crippen LogP contribution in [0.1, 0.15) is 56.7 Å². The third-order valence-corrected chi connectivity index (χ3v) is 6.37. The maximum Gasteiger partial charge on any atom is 0.257 e. The fourth-order valence-corrected chi connectivity index (χ4v) is 4.67. The van der Waals surface area contributed by atoms with Crippen LogP contribution in [0, 0.1) is 5.92 Å². The van der Waals surface area contributed by atoms with Gasteiger partial charge >= 0.3 is 0 Å². The predicted molar refractivity (Wildman–Crippen MR) is 105 cm³/mol. The lowest BCUT2D eigenvalue weighted by molar-refractivity contribution is -0.123. The summed E-state index contributed by atoms with van der Waals surface area (Å²) < 4.78 is 0. The van der Waals surface area contributed by atoms with Gasteiger partial charge in [-0.3, -0.25) is 19.5 Å². The Kier molecular flexibility index (Phi) is 5.48. The molecule has 2 N–H and O–H groups in total. The number of carbonyl (C=O) groups excluding carboxylic acids is 1. The average molecular weight is 374 g/mol. The fraction of sp³-hybridized carbons (Fsp3) is 0.750. The summed E-state index contributed by atoms with van der Waals surface area (Å²) in [5.41, 5.74) is 1.58. The molecule has 3 aliphatic rings. The Balaban J connectivity index is 1.38. The molecule has 27 heavy (non-hydrogen) atoms. The minimum Gasteiger partial charge on any atom is -0.352 e. The molecule has 3 heterocycles. The second-order valence-corrected chi connectivity index (χ2v) is 8.41. The van der Waals surface area contributed by atoms with E-state index in [4.69, 9.17) is 4.98 Å². The molecule has 148 valence electrons. The molecular weight excluding hydrogens is 342 g/mol. The maximum absolute atomic E-state index is 12.6. The highest BCUT2D eigenvalue weighted by atomic mass is 16.2. The number of nitrogens with zero attached hydrogens (tertiary/aromatic N) is 3. The highest BCUT2D eigenvalue weighted by Crippen LogP contribution is 2.24. The third kappa shape index (κ3) is 4.18. The number of hydrogen-bond acceptors (Lipinski definition) is 5. The van der Waals surface area contributed by atoms with E-state index in [0.717, 1.165) is 56.6 Å². The first-order chi connectivity index (χ1) is 13.1. The van der Waals surface area contributed by atoms with Crippen LogP contribution in [0.25, 0.3) is 0 Å². The lowest BCUT2D eigenvalue weighted by Crippen LogP contribution is -2.47. The zero-order chi connectivity index (χ0) is 18.8. The summed E-state index contributed by atoms with van der Waals surface area (Å²) in [6.45, 7) is 5.80. The summed E-state index contributed by atoms with van der Waals surface area (Å²) in [5, 5.41) is 3.21. The summed E-state index contributed by atoms with van der Waals surface area (Å²) in [6.07, 6.45) is 7.79. The van der Waals surface area contributed by atoms with Gasteiger partial charge < -0.3 is 10.2 Å². The van der Waals surface area contributed by atoms with Gasteiger partial charge in [0, 0.05) is 38.6 Å². The zero-order valence-electron chi connectivity index (χ0n) is 16.3. The first-order valence-electron chi connectivity index (χ1n) is 10.5. The molecule has 2 aliphatic heterocycles. The normalized spacial score (nSPS) is 26.0. The molecular formula is C20H31N5O2. The number of H-pyrrole nitrogens is 1. The van der Waals surface area contributed by atoms with Crippen molar-refractivity contribution in [3.8, 4) is 0 Å². The molecule has 0 radical (unpaired) electrons. The molecule has 1 amide bonds. The summed E-state index contributed by atoms with van der Waals surface area (Å²) >= 11 is 0. The minimum atomic E-state index is -0.0482. The van der Waals surface area contributed by atoms with Gasteiger partial charge in [-0.2, -0.15) is 0 Å². The topological polar surface area (TPSA) is 81.3 Å². The van der Waals surface area contributed by atoms with E-state index in [1.54, 1.807) is 0 Å². The van der Waals surface area contributed by atoms with Crippen LogP contribution in [0.15, 0.2) is 4.79 Å². The van der Waals surface area contributed by atoms with Gasteiger partial charge in [0.25, 0.3) is 5.56 Å². The summed E-state index contributed by atoms with van der Waals surface area (Å²) in [7, 11) is 0. The SMILES string of the molecule is C[C@@H]1CCCC[C@H]1NC(=O)CN1CCc2nc(N3CCCC3)[nH]c(=O)c2C1. The minimum absolute atomic E-state index is 0.0482. The Labute approximate surface area is 160 Å². The van der Waals surface area contributed by atoms with Crippen LogP contribution in [0.3, 0.4) is 0 Å². The summed E-state index contributed by atoms with van der Waals surface area (Å²) in [4.78, 5) is 37.0. The third-order valence-electron chi connectivity index (χ3n) is 6.37. The Morgan fingerprint density at radius 2 is 1.96 bits per heavy atom. The number of nitrogens with one attached hydrogen (secondary N) is 2. The number of anilines is 1. The van der Waals surface area contributed by atoms with E-state index < -0.39 is 0 Å². The zero-order valence-corrected chi connectivity index (χ0v) is 16.3. The van der Waals surface area contributed by atoms with Crippen LogP contribution in [0.5, 0.6) is 0 Å².